The normalized spacial score (nSPS) is 14.0. The average molecular weight is 407 g/mol. The van der Waals surface area contributed by atoms with Gasteiger partial charge in [-0.15, -0.1) is 0 Å². The van der Waals surface area contributed by atoms with Crippen LogP contribution < -0.4 is 11.1 Å². The monoisotopic (exact) mass is 407 g/mol. The van der Waals surface area contributed by atoms with E-state index in [1.807, 2.05) is 24.3 Å². The van der Waals surface area contributed by atoms with Crippen molar-refractivity contribution in [2.75, 3.05) is 11.1 Å². The van der Waals surface area contributed by atoms with Gasteiger partial charge in [0.1, 0.15) is 0 Å². The molecular formula is C23H25N3O4. The molecule has 0 radical (unpaired) electrons. The maximum Gasteiger partial charge on any atom is 0.411 e. The average Bonchev–Trinajstić information content (AvgIpc) is 2.92. The van der Waals surface area contributed by atoms with Crippen LogP contribution in [-0.2, 0) is 4.74 Å². The zero-order chi connectivity index (χ0) is 21.4. The Morgan fingerprint density at radius 1 is 1.17 bits per heavy atom. The quantitative estimate of drug-likeness (QED) is 0.534. The SMILES string of the molecule is CC(C)OC(=O)Nc1ccc(-c2c(N)c3ccc(C(=O)O)cc3n2C2CCC2)cc1. The van der Waals surface area contributed by atoms with Crippen molar-refractivity contribution in [1.29, 1.82) is 0 Å². The second-order valence-electron chi connectivity index (χ2n) is 7.91. The van der Waals surface area contributed by atoms with Crippen LogP contribution in [0.25, 0.3) is 22.2 Å². The van der Waals surface area contributed by atoms with Gasteiger partial charge in [-0.1, -0.05) is 12.1 Å². The van der Waals surface area contributed by atoms with Crippen molar-refractivity contribution in [2.24, 2.45) is 0 Å². The van der Waals surface area contributed by atoms with Crippen LogP contribution in [0.15, 0.2) is 42.5 Å². The third-order valence-electron chi connectivity index (χ3n) is 5.48. The van der Waals surface area contributed by atoms with Crippen molar-refractivity contribution in [2.45, 2.75) is 45.3 Å². The molecule has 0 saturated heterocycles. The van der Waals surface area contributed by atoms with E-state index in [-0.39, 0.29) is 11.7 Å². The number of nitrogens with one attached hydrogen (secondary N) is 1. The van der Waals surface area contributed by atoms with Gasteiger partial charge in [0.15, 0.2) is 0 Å². The molecule has 0 aliphatic heterocycles. The molecule has 1 aromatic heterocycles. The molecule has 0 bridgehead atoms. The molecule has 4 rings (SSSR count). The number of aromatic carboxylic acids is 1. The summed E-state index contributed by atoms with van der Waals surface area (Å²) >= 11 is 0. The summed E-state index contributed by atoms with van der Waals surface area (Å²) in [6, 6.07) is 12.8. The summed E-state index contributed by atoms with van der Waals surface area (Å²) < 4.78 is 7.29. The van der Waals surface area contributed by atoms with Crippen LogP contribution >= 0.6 is 0 Å². The van der Waals surface area contributed by atoms with Crippen LogP contribution in [0.5, 0.6) is 0 Å². The molecule has 2 aromatic carbocycles. The number of anilines is 2. The first-order valence-corrected chi connectivity index (χ1v) is 10.1. The lowest BCUT2D eigenvalue weighted by molar-refractivity contribution is 0.0697. The smallest absolute Gasteiger partial charge is 0.411 e. The lowest BCUT2D eigenvalue weighted by Gasteiger charge is -2.30. The first-order valence-electron chi connectivity index (χ1n) is 10.1. The fraction of sp³-hybridized carbons (Fsp3) is 0.304. The molecule has 1 heterocycles. The van der Waals surface area contributed by atoms with Gasteiger partial charge in [-0.3, -0.25) is 5.32 Å². The van der Waals surface area contributed by atoms with Crippen molar-refractivity contribution in [3.8, 4) is 11.3 Å². The summed E-state index contributed by atoms with van der Waals surface area (Å²) in [5.74, 6) is -0.956. The number of amides is 1. The molecular weight excluding hydrogens is 382 g/mol. The third kappa shape index (κ3) is 3.58. The van der Waals surface area contributed by atoms with Crippen LogP contribution in [0, 0.1) is 0 Å². The van der Waals surface area contributed by atoms with E-state index in [0.717, 1.165) is 41.4 Å². The Balaban J connectivity index is 1.75. The number of hydrogen-bond acceptors (Lipinski definition) is 4. The Morgan fingerprint density at radius 3 is 2.43 bits per heavy atom. The number of carboxylic acids is 1. The van der Waals surface area contributed by atoms with Gasteiger partial charge < -0.3 is 20.1 Å². The Kier molecular flexibility index (Phi) is 5.11. The molecule has 1 amide bonds. The Labute approximate surface area is 174 Å². The Bertz CT molecular complexity index is 1110. The third-order valence-corrected chi connectivity index (χ3v) is 5.48. The molecule has 0 atom stereocenters. The lowest BCUT2D eigenvalue weighted by Crippen LogP contribution is -2.18. The van der Waals surface area contributed by atoms with E-state index in [4.69, 9.17) is 10.5 Å². The number of carboxylic acid groups (broad SMARTS) is 1. The van der Waals surface area contributed by atoms with Crippen LogP contribution in [0.2, 0.25) is 0 Å². The van der Waals surface area contributed by atoms with Gasteiger partial charge in [0, 0.05) is 22.7 Å². The molecule has 4 N–H and O–H groups in total. The van der Waals surface area contributed by atoms with Gasteiger partial charge in [0.05, 0.1) is 28.6 Å². The minimum absolute atomic E-state index is 0.196. The molecule has 1 aliphatic rings. The van der Waals surface area contributed by atoms with E-state index in [2.05, 4.69) is 9.88 Å². The first kappa shape index (κ1) is 19.8. The highest BCUT2D eigenvalue weighted by atomic mass is 16.6. The van der Waals surface area contributed by atoms with Crippen molar-refractivity contribution in [1.82, 2.24) is 4.57 Å². The van der Waals surface area contributed by atoms with E-state index in [9.17, 15) is 14.7 Å². The Morgan fingerprint density at radius 2 is 1.87 bits per heavy atom. The van der Waals surface area contributed by atoms with Crippen molar-refractivity contribution < 1.29 is 19.4 Å². The highest BCUT2D eigenvalue weighted by Gasteiger charge is 2.27. The van der Waals surface area contributed by atoms with Crippen LogP contribution in [0.1, 0.15) is 49.5 Å². The molecule has 156 valence electrons. The minimum atomic E-state index is -0.956. The summed E-state index contributed by atoms with van der Waals surface area (Å²) in [6.07, 6.45) is 2.52. The van der Waals surface area contributed by atoms with Gasteiger partial charge in [0.2, 0.25) is 0 Å². The van der Waals surface area contributed by atoms with E-state index in [1.54, 1.807) is 32.0 Å². The highest BCUT2D eigenvalue weighted by molar-refractivity contribution is 6.04. The maximum atomic E-state index is 11.8. The number of hydrogen-bond donors (Lipinski definition) is 3. The lowest BCUT2D eigenvalue weighted by atomic mass is 9.92. The molecule has 1 saturated carbocycles. The minimum Gasteiger partial charge on any atom is -0.478 e. The summed E-state index contributed by atoms with van der Waals surface area (Å²) in [6.45, 7) is 3.58. The van der Waals surface area contributed by atoms with E-state index in [0.29, 0.717) is 17.4 Å². The number of carbonyl (C=O) groups excluding carboxylic acids is 1. The fourth-order valence-electron chi connectivity index (χ4n) is 3.86. The van der Waals surface area contributed by atoms with Gasteiger partial charge >= 0.3 is 12.1 Å². The van der Waals surface area contributed by atoms with E-state index < -0.39 is 12.1 Å². The second kappa shape index (κ2) is 7.74. The molecule has 3 aromatic rings. The molecule has 1 fully saturated rings. The fourth-order valence-corrected chi connectivity index (χ4v) is 3.86. The van der Waals surface area contributed by atoms with Gasteiger partial charge in [-0.25, -0.2) is 9.59 Å². The van der Waals surface area contributed by atoms with Gasteiger partial charge in [-0.2, -0.15) is 0 Å². The number of benzene rings is 2. The maximum absolute atomic E-state index is 11.8. The molecule has 1 aliphatic carbocycles. The summed E-state index contributed by atoms with van der Waals surface area (Å²) in [5, 5.41) is 13.0. The number of nitrogen functional groups attached to an aromatic ring is 1. The summed E-state index contributed by atoms with van der Waals surface area (Å²) in [5.41, 5.74) is 10.7. The standard InChI is InChI=1S/C23H25N3O4/c1-13(2)30-23(29)25-16-9-6-14(7-10-16)21-20(24)18-11-8-15(22(27)28)12-19(18)26(21)17-4-3-5-17/h6-13,17H,3-5,24H2,1-2H3,(H,25,29)(H,27,28). The number of ether oxygens (including phenoxy) is 1. The molecule has 30 heavy (non-hydrogen) atoms. The summed E-state index contributed by atoms with van der Waals surface area (Å²) in [7, 11) is 0. The summed E-state index contributed by atoms with van der Waals surface area (Å²) in [4.78, 5) is 23.3. The van der Waals surface area contributed by atoms with Crippen molar-refractivity contribution in [3.63, 3.8) is 0 Å². The zero-order valence-electron chi connectivity index (χ0n) is 17.0. The first-order chi connectivity index (χ1) is 14.3. The molecule has 0 spiro atoms. The zero-order valence-corrected chi connectivity index (χ0v) is 17.0. The number of fused-ring (bicyclic) bond motifs is 1. The number of nitrogens with zero attached hydrogens (tertiary/aromatic N) is 1. The van der Waals surface area contributed by atoms with Crippen LogP contribution in [0.3, 0.4) is 0 Å². The van der Waals surface area contributed by atoms with E-state index in [1.165, 1.54) is 0 Å². The predicted molar refractivity (Wildman–Crippen MR) is 117 cm³/mol. The van der Waals surface area contributed by atoms with Gasteiger partial charge in [-0.05, 0) is 63.4 Å². The van der Waals surface area contributed by atoms with Crippen molar-refractivity contribution in [3.05, 3.63) is 48.0 Å². The van der Waals surface area contributed by atoms with E-state index >= 15 is 0 Å². The largest absolute Gasteiger partial charge is 0.478 e. The number of aromatic nitrogens is 1. The van der Waals surface area contributed by atoms with Gasteiger partial charge in [0.25, 0.3) is 0 Å². The van der Waals surface area contributed by atoms with Crippen molar-refractivity contribution >= 4 is 34.3 Å². The highest BCUT2D eigenvalue weighted by Crippen LogP contribution is 2.44. The number of rotatable bonds is 5. The molecule has 7 nitrogen and oxygen atoms in total. The van der Waals surface area contributed by atoms with Crippen LogP contribution in [0.4, 0.5) is 16.2 Å². The van der Waals surface area contributed by atoms with Crippen LogP contribution in [-0.4, -0.2) is 27.8 Å². The molecule has 7 heteroatoms. The topological polar surface area (TPSA) is 107 Å². The number of carbonyl (C=O) groups is 2. The second-order valence-corrected chi connectivity index (χ2v) is 7.91. The number of nitrogens with two attached hydrogens (primary N) is 1. The molecule has 0 unspecified atom stereocenters. The predicted octanol–water partition coefficient (Wildman–Crippen LogP) is 5.27. The Hall–Kier alpha value is -3.48.